The predicted molar refractivity (Wildman–Crippen MR) is 82.5 cm³/mol. The molecule has 0 saturated carbocycles. The zero-order chi connectivity index (χ0) is 13.9. The molecule has 0 fully saturated rings. The highest BCUT2D eigenvalue weighted by Gasteiger charge is 2.21. The van der Waals surface area contributed by atoms with Crippen LogP contribution in [0.2, 0.25) is 0 Å². The van der Waals surface area contributed by atoms with Crippen molar-refractivity contribution in [1.82, 2.24) is 0 Å². The fourth-order valence-electron chi connectivity index (χ4n) is 1.56. The second kappa shape index (κ2) is 6.19. The first kappa shape index (κ1) is 14.7. The molecule has 5 heteroatoms. The Balaban J connectivity index is 2.17. The summed E-state index contributed by atoms with van der Waals surface area (Å²) in [5.74, 6) is -0.0222. The Morgan fingerprint density at radius 1 is 0.842 bits per heavy atom. The van der Waals surface area contributed by atoms with E-state index in [-0.39, 0.29) is 5.78 Å². The van der Waals surface area contributed by atoms with Crippen molar-refractivity contribution in [2.45, 2.75) is 8.02 Å². The number of alkyl halides is 3. The van der Waals surface area contributed by atoms with E-state index in [1.807, 2.05) is 18.2 Å². The summed E-state index contributed by atoms with van der Waals surface area (Å²) in [5, 5.41) is 0. The summed E-state index contributed by atoms with van der Waals surface area (Å²) < 4.78 is -1.40. The van der Waals surface area contributed by atoms with E-state index >= 15 is 0 Å². The summed E-state index contributed by atoms with van der Waals surface area (Å²) in [7, 11) is 0. The Kier molecular flexibility index (Phi) is 4.80. The van der Waals surface area contributed by atoms with Crippen molar-refractivity contribution in [3.8, 4) is 0 Å². The molecule has 0 aromatic heterocycles. The van der Waals surface area contributed by atoms with Gasteiger partial charge in [0.15, 0.2) is 5.78 Å². The molecular weight excluding hydrogens is 323 g/mol. The summed E-state index contributed by atoms with van der Waals surface area (Å²) in [4.78, 5) is 13.0. The molecule has 1 nitrogen and oxygen atoms in total. The molecule has 2 aromatic rings. The highest BCUT2D eigenvalue weighted by atomic mass is 35.6. The third-order valence-electron chi connectivity index (χ3n) is 2.39. The molecule has 0 aliphatic heterocycles. The van der Waals surface area contributed by atoms with Gasteiger partial charge in [0.25, 0.3) is 0 Å². The molecule has 0 aliphatic carbocycles. The number of rotatable bonds is 3. The van der Waals surface area contributed by atoms with Gasteiger partial charge < -0.3 is 0 Å². The molecule has 0 atom stereocenters. The lowest BCUT2D eigenvalue weighted by Crippen LogP contribution is -2.00. The van der Waals surface area contributed by atoms with E-state index < -0.39 is 3.12 Å². The zero-order valence-corrected chi connectivity index (χ0v) is 12.7. The van der Waals surface area contributed by atoms with E-state index in [4.69, 9.17) is 34.8 Å². The smallest absolute Gasteiger partial charge is 0.241 e. The lowest BCUT2D eigenvalue weighted by atomic mass is 10.0. The number of halogens is 3. The Hall–Kier alpha value is -0.670. The topological polar surface area (TPSA) is 17.1 Å². The molecule has 0 heterocycles. The molecule has 0 spiro atoms. The first-order chi connectivity index (χ1) is 8.96. The van der Waals surface area contributed by atoms with Gasteiger partial charge in [0.05, 0.1) is 0 Å². The molecular formula is C14H9Cl3OS. The minimum Gasteiger partial charge on any atom is -0.289 e. The van der Waals surface area contributed by atoms with Crippen LogP contribution >= 0.6 is 46.6 Å². The Morgan fingerprint density at radius 3 is 1.89 bits per heavy atom. The summed E-state index contributed by atoms with van der Waals surface area (Å²) in [6.07, 6.45) is 0. The zero-order valence-electron chi connectivity index (χ0n) is 9.65. The molecule has 19 heavy (non-hydrogen) atoms. The van der Waals surface area contributed by atoms with Crippen LogP contribution in [-0.4, -0.2) is 8.91 Å². The summed E-state index contributed by atoms with van der Waals surface area (Å²) in [6.45, 7) is 0. The molecule has 0 unspecified atom stereocenters. The van der Waals surface area contributed by atoms with Gasteiger partial charge in [0, 0.05) is 16.0 Å². The van der Waals surface area contributed by atoms with E-state index in [0.29, 0.717) is 11.1 Å². The van der Waals surface area contributed by atoms with Gasteiger partial charge in [-0.2, -0.15) is 0 Å². The van der Waals surface area contributed by atoms with Gasteiger partial charge >= 0.3 is 0 Å². The Bertz CT molecular complexity index is 561. The van der Waals surface area contributed by atoms with Gasteiger partial charge in [-0.1, -0.05) is 76.9 Å². The van der Waals surface area contributed by atoms with Crippen LogP contribution in [0.15, 0.2) is 59.5 Å². The maximum atomic E-state index is 12.2. The Morgan fingerprint density at radius 2 is 1.37 bits per heavy atom. The molecule has 2 rings (SSSR count). The van der Waals surface area contributed by atoms with Gasteiger partial charge in [-0.25, -0.2) is 0 Å². The fraction of sp³-hybridized carbons (Fsp3) is 0.0714. The van der Waals surface area contributed by atoms with Crippen LogP contribution in [0.3, 0.4) is 0 Å². The molecule has 98 valence electrons. The van der Waals surface area contributed by atoms with Crippen LogP contribution in [0.4, 0.5) is 0 Å². The molecule has 0 bridgehead atoms. The number of carbonyl (C=O) groups is 1. The van der Waals surface area contributed by atoms with Crippen LogP contribution in [-0.2, 0) is 0 Å². The van der Waals surface area contributed by atoms with Gasteiger partial charge in [0.1, 0.15) is 0 Å². The van der Waals surface area contributed by atoms with Crippen molar-refractivity contribution in [2.24, 2.45) is 0 Å². The average molecular weight is 332 g/mol. The molecule has 2 aromatic carbocycles. The number of hydrogen-bond donors (Lipinski definition) is 0. The third-order valence-corrected chi connectivity index (χ3v) is 3.82. The summed E-state index contributed by atoms with van der Waals surface area (Å²) >= 11 is 18.2. The fourth-order valence-corrected chi connectivity index (χ4v) is 2.91. The van der Waals surface area contributed by atoms with Crippen molar-refractivity contribution in [3.05, 3.63) is 65.7 Å². The molecule has 0 radical (unpaired) electrons. The van der Waals surface area contributed by atoms with E-state index in [2.05, 4.69) is 0 Å². The number of thioether (sulfide) groups is 1. The van der Waals surface area contributed by atoms with Crippen LogP contribution in [0.25, 0.3) is 0 Å². The number of hydrogen-bond acceptors (Lipinski definition) is 2. The van der Waals surface area contributed by atoms with E-state index in [1.165, 1.54) is 0 Å². The maximum Gasteiger partial charge on any atom is 0.241 e. The highest BCUT2D eigenvalue weighted by Crippen LogP contribution is 2.43. The lowest BCUT2D eigenvalue weighted by Gasteiger charge is -2.10. The Labute approximate surface area is 130 Å². The van der Waals surface area contributed by atoms with E-state index in [0.717, 1.165) is 16.7 Å². The van der Waals surface area contributed by atoms with Gasteiger partial charge in [-0.3, -0.25) is 4.79 Å². The van der Waals surface area contributed by atoms with Crippen LogP contribution < -0.4 is 0 Å². The van der Waals surface area contributed by atoms with Gasteiger partial charge in [-0.05, 0) is 24.3 Å². The van der Waals surface area contributed by atoms with Crippen LogP contribution in [0.5, 0.6) is 0 Å². The SMILES string of the molecule is O=C(c1ccccc1)c1ccc(SC(Cl)(Cl)Cl)cc1. The van der Waals surface area contributed by atoms with Crippen molar-refractivity contribution < 1.29 is 4.79 Å². The maximum absolute atomic E-state index is 12.2. The third kappa shape index (κ3) is 4.43. The first-order valence-corrected chi connectivity index (χ1v) is 7.36. The normalized spacial score (nSPS) is 11.3. The standard InChI is InChI=1S/C14H9Cl3OS/c15-14(16,17)19-12-8-6-11(7-9-12)13(18)10-4-2-1-3-5-10/h1-9H. The summed E-state index contributed by atoms with van der Waals surface area (Å²) in [6, 6.07) is 16.1. The van der Waals surface area contributed by atoms with Crippen molar-refractivity contribution >= 4 is 52.3 Å². The molecule has 0 saturated heterocycles. The first-order valence-electron chi connectivity index (χ1n) is 5.41. The molecule has 0 N–H and O–H groups in total. The monoisotopic (exact) mass is 330 g/mol. The highest BCUT2D eigenvalue weighted by molar-refractivity contribution is 8.04. The second-order valence-corrected chi connectivity index (χ2v) is 8.01. The van der Waals surface area contributed by atoms with Crippen molar-refractivity contribution in [1.29, 1.82) is 0 Å². The van der Waals surface area contributed by atoms with Gasteiger partial charge in [0.2, 0.25) is 3.12 Å². The second-order valence-electron chi connectivity index (χ2n) is 3.77. The largest absolute Gasteiger partial charge is 0.289 e. The minimum atomic E-state index is -1.40. The lowest BCUT2D eigenvalue weighted by molar-refractivity contribution is 0.103. The minimum absolute atomic E-state index is 0.0222. The number of ketones is 1. The predicted octanol–water partition coefficient (Wildman–Crippen LogP) is 5.34. The van der Waals surface area contributed by atoms with Gasteiger partial charge in [-0.15, -0.1) is 0 Å². The van der Waals surface area contributed by atoms with E-state index in [9.17, 15) is 4.79 Å². The van der Waals surface area contributed by atoms with Crippen LogP contribution in [0.1, 0.15) is 15.9 Å². The summed E-state index contributed by atoms with van der Waals surface area (Å²) in [5.41, 5.74) is 1.27. The average Bonchev–Trinajstić information content (AvgIpc) is 2.38. The van der Waals surface area contributed by atoms with Crippen molar-refractivity contribution in [3.63, 3.8) is 0 Å². The number of carbonyl (C=O) groups excluding carboxylic acids is 1. The van der Waals surface area contributed by atoms with E-state index in [1.54, 1.807) is 36.4 Å². The molecule has 0 amide bonds. The molecule has 0 aliphatic rings. The quantitative estimate of drug-likeness (QED) is 0.429. The van der Waals surface area contributed by atoms with Crippen molar-refractivity contribution in [2.75, 3.05) is 0 Å². The van der Waals surface area contributed by atoms with Crippen LogP contribution in [0, 0.1) is 0 Å². The number of benzene rings is 2.